The van der Waals surface area contributed by atoms with Crippen LogP contribution in [0.4, 0.5) is 0 Å². The van der Waals surface area contributed by atoms with Crippen LogP contribution < -0.4 is 5.32 Å². The average Bonchev–Trinajstić information content (AvgIpc) is 2.97. The molecular formula is C23H26ClN3O5S. The molecule has 2 aromatic carbocycles. The molecule has 0 aliphatic carbocycles. The van der Waals surface area contributed by atoms with E-state index in [-0.39, 0.29) is 29.0 Å². The van der Waals surface area contributed by atoms with Gasteiger partial charge in [0, 0.05) is 17.6 Å². The van der Waals surface area contributed by atoms with Gasteiger partial charge in [0.1, 0.15) is 17.5 Å². The first-order valence-electron chi connectivity index (χ1n) is 10.6. The Morgan fingerprint density at radius 3 is 2.45 bits per heavy atom. The van der Waals surface area contributed by atoms with Gasteiger partial charge < -0.3 is 10.2 Å². The van der Waals surface area contributed by atoms with Crippen molar-refractivity contribution in [2.45, 2.75) is 50.7 Å². The summed E-state index contributed by atoms with van der Waals surface area (Å²) in [5, 5.41) is 3.30. The Hall–Kier alpha value is -2.91. The van der Waals surface area contributed by atoms with Crippen LogP contribution in [0.25, 0.3) is 0 Å². The summed E-state index contributed by atoms with van der Waals surface area (Å²) in [6, 6.07) is 11.6. The van der Waals surface area contributed by atoms with Crippen molar-refractivity contribution in [3.63, 3.8) is 0 Å². The third kappa shape index (κ3) is 5.20. The number of hydrogen-bond donors (Lipinski definition) is 1. The lowest BCUT2D eigenvalue weighted by atomic mass is 10.1. The lowest BCUT2D eigenvalue weighted by Gasteiger charge is -2.30. The third-order valence-electron chi connectivity index (χ3n) is 5.60. The second-order valence-corrected chi connectivity index (χ2v) is 10.2. The number of hydrogen-bond acceptors (Lipinski definition) is 5. The fraction of sp³-hybridized carbons (Fsp3) is 0.348. The number of carbonyl (C=O) groups excluding carboxylic acids is 3. The average molecular weight is 492 g/mol. The predicted octanol–water partition coefficient (Wildman–Crippen LogP) is 2.82. The summed E-state index contributed by atoms with van der Waals surface area (Å²) in [5.41, 5.74) is 0.687. The molecular weight excluding hydrogens is 466 g/mol. The van der Waals surface area contributed by atoms with Gasteiger partial charge in [-0.15, -0.1) is 0 Å². The van der Waals surface area contributed by atoms with Crippen molar-refractivity contribution in [1.82, 2.24) is 14.5 Å². The number of amides is 3. The van der Waals surface area contributed by atoms with E-state index >= 15 is 0 Å². The zero-order valence-corrected chi connectivity index (χ0v) is 20.2. The van der Waals surface area contributed by atoms with E-state index < -0.39 is 34.4 Å². The van der Waals surface area contributed by atoms with Gasteiger partial charge in [0.05, 0.1) is 5.56 Å². The first kappa shape index (κ1) is 24.7. The van der Waals surface area contributed by atoms with E-state index in [0.29, 0.717) is 21.3 Å². The van der Waals surface area contributed by atoms with Crippen LogP contribution in [-0.2, 0) is 26.2 Å². The quantitative estimate of drug-likeness (QED) is 0.611. The molecule has 0 fully saturated rings. The first-order valence-corrected chi connectivity index (χ1v) is 12.4. The number of benzene rings is 2. The van der Waals surface area contributed by atoms with Crippen LogP contribution in [0.5, 0.6) is 0 Å². The summed E-state index contributed by atoms with van der Waals surface area (Å²) in [4.78, 5) is 40.0. The van der Waals surface area contributed by atoms with Gasteiger partial charge in [-0.3, -0.25) is 14.4 Å². The minimum absolute atomic E-state index is 0.0174. The highest BCUT2D eigenvalue weighted by molar-refractivity contribution is 7.90. The van der Waals surface area contributed by atoms with Crippen molar-refractivity contribution in [3.05, 3.63) is 64.7 Å². The van der Waals surface area contributed by atoms with E-state index in [1.54, 1.807) is 37.3 Å². The third-order valence-corrected chi connectivity index (χ3v) is 7.62. The van der Waals surface area contributed by atoms with Gasteiger partial charge in [-0.05, 0) is 50.1 Å². The van der Waals surface area contributed by atoms with Gasteiger partial charge in [-0.2, -0.15) is 0 Å². The molecule has 0 aromatic heterocycles. The fourth-order valence-electron chi connectivity index (χ4n) is 3.48. The fourth-order valence-corrected chi connectivity index (χ4v) is 5.21. The van der Waals surface area contributed by atoms with E-state index in [2.05, 4.69) is 5.32 Å². The molecule has 3 amide bonds. The predicted molar refractivity (Wildman–Crippen MR) is 124 cm³/mol. The van der Waals surface area contributed by atoms with Crippen molar-refractivity contribution in [1.29, 1.82) is 0 Å². The van der Waals surface area contributed by atoms with Crippen LogP contribution in [0, 0.1) is 0 Å². The lowest BCUT2D eigenvalue weighted by Crippen LogP contribution is -2.52. The molecule has 2 aromatic rings. The van der Waals surface area contributed by atoms with Crippen molar-refractivity contribution in [2.75, 3.05) is 6.54 Å². The minimum atomic E-state index is -4.16. The van der Waals surface area contributed by atoms with E-state index in [4.69, 9.17) is 11.6 Å². The summed E-state index contributed by atoms with van der Waals surface area (Å²) in [5.74, 6) is -1.82. The maximum absolute atomic E-state index is 13.3. The molecule has 1 aliphatic rings. The molecule has 1 aliphatic heterocycles. The van der Waals surface area contributed by atoms with E-state index in [1.165, 1.54) is 23.1 Å². The zero-order valence-electron chi connectivity index (χ0n) is 18.6. The summed E-state index contributed by atoms with van der Waals surface area (Å²) in [6.07, 6.45) is 0.708. The number of nitrogens with zero attached hydrogens (tertiary/aromatic N) is 2. The van der Waals surface area contributed by atoms with Gasteiger partial charge in [-0.1, -0.05) is 42.8 Å². The van der Waals surface area contributed by atoms with Crippen molar-refractivity contribution < 1.29 is 22.8 Å². The highest BCUT2D eigenvalue weighted by Crippen LogP contribution is 2.30. The van der Waals surface area contributed by atoms with Crippen LogP contribution in [0.1, 0.15) is 43.1 Å². The molecule has 0 saturated heterocycles. The van der Waals surface area contributed by atoms with Gasteiger partial charge >= 0.3 is 0 Å². The van der Waals surface area contributed by atoms with Crippen LogP contribution in [0.2, 0.25) is 5.02 Å². The molecule has 2 atom stereocenters. The second kappa shape index (κ2) is 9.93. The number of carbonyl (C=O) groups is 3. The van der Waals surface area contributed by atoms with E-state index in [9.17, 15) is 22.8 Å². The second-order valence-electron chi connectivity index (χ2n) is 7.96. The van der Waals surface area contributed by atoms with Crippen molar-refractivity contribution in [3.8, 4) is 0 Å². The Morgan fingerprint density at radius 1 is 1.12 bits per heavy atom. The van der Waals surface area contributed by atoms with Gasteiger partial charge in [-0.25, -0.2) is 12.7 Å². The van der Waals surface area contributed by atoms with E-state index in [0.717, 1.165) is 0 Å². The van der Waals surface area contributed by atoms with E-state index in [1.807, 2.05) is 13.8 Å². The minimum Gasteiger partial charge on any atom is -0.352 e. The van der Waals surface area contributed by atoms with Gasteiger partial charge in [0.2, 0.25) is 11.8 Å². The Morgan fingerprint density at radius 2 is 1.82 bits per heavy atom. The number of rotatable bonds is 8. The summed E-state index contributed by atoms with van der Waals surface area (Å²) in [7, 11) is -4.16. The molecule has 33 heavy (non-hydrogen) atoms. The highest BCUT2D eigenvalue weighted by Gasteiger charge is 2.43. The Labute approximate surface area is 198 Å². The zero-order chi connectivity index (χ0) is 24.3. The largest absolute Gasteiger partial charge is 0.352 e. The SMILES string of the molecule is CC[C@H](C)NC(=O)[C@@H](C)N(Cc1cccc(Cl)c1)C(=O)CN1C(=O)c2ccccc2S1(=O)=O. The maximum Gasteiger partial charge on any atom is 0.269 e. The first-order chi connectivity index (χ1) is 15.6. The lowest BCUT2D eigenvalue weighted by molar-refractivity contribution is -0.140. The Kier molecular flexibility index (Phi) is 7.44. The normalized spacial score (nSPS) is 16.1. The number of halogens is 1. The summed E-state index contributed by atoms with van der Waals surface area (Å²) in [6.45, 7) is 4.64. The molecule has 0 radical (unpaired) electrons. The summed E-state index contributed by atoms with van der Waals surface area (Å²) < 4.78 is 26.3. The Bertz CT molecular complexity index is 1180. The summed E-state index contributed by atoms with van der Waals surface area (Å²) >= 11 is 6.07. The standard InChI is InChI=1S/C23H26ClN3O5S/c1-4-15(2)25-22(29)16(3)26(13-17-8-7-9-18(24)12-17)21(28)14-27-23(30)19-10-5-6-11-20(19)33(27,31)32/h5-12,15-16H,4,13-14H2,1-3H3,(H,25,29)/t15-,16+/m0/s1. The maximum atomic E-state index is 13.3. The number of sulfonamides is 1. The number of fused-ring (bicyclic) bond motifs is 1. The molecule has 3 rings (SSSR count). The molecule has 1 heterocycles. The monoisotopic (exact) mass is 491 g/mol. The molecule has 0 saturated carbocycles. The molecule has 0 spiro atoms. The smallest absolute Gasteiger partial charge is 0.269 e. The van der Waals surface area contributed by atoms with Crippen LogP contribution in [-0.4, -0.2) is 54.0 Å². The van der Waals surface area contributed by atoms with Crippen LogP contribution >= 0.6 is 11.6 Å². The van der Waals surface area contributed by atoms with Gasteiger partial charge in [0.15, 0.2) is 0 Å². The molecule has 8 nitrogen and oxygen atoms in total. The van der Waals surface area contributed by atoms with Crippen LogP contribution in [0.15, 0.2) is 53.4 Å². The topological polar surface area (TPSA) is 104 Å². The molecule has 1 N–H and O–H groups in total. The number of nitrogens with one attached hydrogen (secondary N) is 1. The molecule has 10 heteroatoms. The highest BCUT2D eigenvalue weighted by atomic mass is 35.5. The van der Waals surface area contributed by atoms with Gasteiger partial charge in [0.25, 0.3) is 15.9 Å². The molecule has 0 unspecified atom stereocenters. The van der Waals surface area contributed by atoms with Crippen LogP contribution in [0.3, 0.4) is 0 Å². The molecule has 0 bridgehead atoms. The van der Waals surface area contributed by atoms with Crippen molar-refractivity contribution in [2.24, 2.45) is 0 Å². The Balaban J connectivity index is 1.89. The molecule has 176 valence electrons. The van der Waals surface area contributed by atoms with Crippen molar-refractivity contribution >= 4 is 39.3 Å².